The van der Waals surface area contributed by atoms with Crippen molar-refractivity contribution in [1.82, 2.24) is 5.32 Å². The molecular weight excluding hydrogens is 296 g/mol. The van der Waals surface area contributed by atoms with Gasteiger partial charge in [-0.3, -0.25) is 4.79 Å². The molecule has 3 aromatic rings. The highest BCUT2D eigenvalue weighted by molar-refractivity contribution is 5.97. The predicted molar refractivity (Wildman–Crippen MR) is 97.9 cm³/mol. The van der Waals surface area contributed by atoms with Crippen LogP contribution >= 0.6 is 0 Å². The van der Waals surface area contributed by atoms with Crippen LogP contribution in [-0.4, -0.2) is 5.91 Å². The van der Waals surface area contributed by atoms with Crippen LogP contribution in [0.2, 0.25) is 0 Å². The minimum Gasteiger partial charge on any atom is -0.399 e. The smallest absolute Gasteiger partial charge is 0.252 e. The van der Waals surface area contributed by atoms with Crippen LogP contribution < -0.4 is 11.1 Å². The number of nitrogens with two attached hydrogens (primary N) is 1. The zero-order chi connectivity index (χ0) is 16.7. The van der Waals surface area contributed by atoms with Crippen molar-refractivity contribution in [3.63, 3.8) is 0 Å². The Labute approximate surface area is 141 Å². The van der Waals surface area contributed by atoms with Crippen molar-refractivity contribution in [2.24, 2.45) is 0 Å². The highest BCUT2D eigenvalue weighted by atomic mass is 16.1. The molecule has 1 aliphatic rings. The molecule has 4 rings (SSSR count). The first-order chi connectivity index (χ1) is 11.6. The summed E-state index contributed by atoms with van der Waals surface area (Å²) >= 11 is 0. The number of aryl methyl sites for hydroxylation is 1. The Bertz CT molecular complexity index is 936. The molecule has 0 spiro atoms. The molecule has 0 aromatic heterocycles. The van der Waals surface area contributed by atoms with Gasteiger partial charge in [0.15, 0.2) is 0 Å². The van der Waals surface area contributed by atoms with Crippen molar-refractivity contribution in [3.8, 4) is 0 Å². The van der Waals surface area contributed by atoms with Crippen LogP contribution in [0.5, 0.6) is 0 Å². The Balaban J connectivity index is 1.70. The fourth-order valence-electron chi connectivity index (χ4n) is 3.46. The Morgan fingerprint density at radius 1 is 1.04 bits per heavy atom. The summed E-state index contributed by atoms with van der Waals surface area (Å²) < 4.78 is 0. The molecule has 0 unspecified atom stereocenters. The number of carbonyl (C=O) groups is 1. The Morgan fingerprint density at radius 2 is 1.79 bits per heavy atom. The minimum absolute atomic E-state index is 0.0297. The van der Waals surface area contributed by atoms with Crippen LogP contribution in [0.4, 0.5) is 5.69 Å². The third-order valence-corrected chi connectivity index (χ3v) is 4.90. The summed E-state index contributed by atoms with van der Waals surface area (Å²) in [5, 5.41) is 5.69. The Hall–Kier alpha value is -2.81. The van der Waals surface area contributed by atoms with E-state index >= 15 is 0 Å². The lowest BCUT2D eigenvalue weighted by molar-refractivity contribution is 0.0930. The van der Waals surface area contributed by atoms with Gasteiger partial charge in [-0.1, -0.05) is 42.5 Å². The van der Waals surface area contributed by atoms with Crippen LogP contribution in [0.25, 0.3) is 10.8 Å². The van der Waals surface area contributed by atoms with Gasteiger partial charge in [0.1, 0.15) is 0 Å². The number of benzene rings is 3. The fraction of sp³-hybridized carbons (Fsp3) is 0.190. The summed E-state index contributed by atoms with van der Waals surface area (Å²) in [6.07, 6.45) is 1.95. The number of amides is 1. The van der Waals surface area contributed by atoms with Gasteiger partial charge >= 0.3 is 0 Å². The van der Waals surface area contributed by atoms with Crippen LogP contribution in [0.1, 0.15) is 34.3 Å². The highest BCUT2D eigenvalue weighted by Gasteiger charge is 2.46. The average Bonchev–Trinajstić information content (AvgIpc) is 3.34. The van der Waals surface area contributed by atoms with Crippen molar-refractivity contribution in [1.29, 1.82) is 0 Å². The standard InChI is InChI=1S/C21H20N2O/c1-14-13-16(22)9-10-17(14)20(24)23-21(11-12-21)19-8-4-6-15-5-2-3-7-18(15)19/h2-10,13H,11-12,22H2,1H3,(H,23,24). The second kappa shape index (κ2) is 5.38. The largest absolute Gasteiger partial charge is 0.399 e. The van der Waals surface area contributed by atoms with Crippen molar-refractivity contribution in [2.45, 2.75) is 25.3 Å². The molecule has 0 aliphatic heterocycles. The number of carbonyl (C=O) groups excluding carboxylic acids is 1. The molecule has 0 radical (unpaired) electrons. The number of nitrogens with one attached hydrogen (secondary N) is 1. The van der Waals surface area contributed by atoms with Gasteiger partial charge in [0.25, 0.3) is 5.91 Å². The topological polar surface area (TPSA) is 55.1 Å². The lowest BCUT2D eigenvalue weighted by Gasteiger charge is -2.21. The van der Waals surface area contributed by atoms with E-state index < -0.39 is 0 Å². The van der Waals surface area contributed by atoms with Gasteiger partial charge in [0.05, 0.1) is 5.54 Å². The molecule has 1 saturated carbocycles. The molecule has 3 aromatic carbocycles. The molecule has 0 atom stereocenters. The van der Waals surface area contributed by atoms with E-state index in [0.29, 0.717) is 11.3 Å². The Kier molecular flexibility index (Phi) is 3.31. The minimum atomic E-state index is -0.244. The van der Waals surface area contributed by atoms with Crippen LogP contribution in [0.3, 0.4) is 0 Å². The first-order valence-corrected chi connectivity index (χ1v) is 8.26. The van der Waals surface area contributed by atoms with Crippen molar-refractivity contribution in [3.05, 3.63) is 77.4 Å². The third kappa shape index (κ3) is 2.42. The molecule has 0 heterocycles. The van der Waals surface area contributed by atoms with Crippen molar-refractivity contribution in [2.75, 3.05) is 5.73 Å². The SMILES string of the molecule is Cc1cc(N)ccc1C(=O)NC1(c2cccc3ccccc23)CC1. The molecular formula is C21H20N2O. The Morgan fingerprint density at radius 3 is 2.54 bits per heavy atom. The maximum atomic E-state index is 12.8. The van der Waals surface area contributed by atoms with Gasteiger partial charge < -0.3 is 11.1 Å². The molecule has 120 valence electrons. The number of anilines is 1. The van der Waals surface area contributed by atoms with E-state index in [9.17, 15) is 4.79 Å². The summed E-state index contributed by atoms with van der Waals surface area (Å²) in [7, 11) is 0. The summed E-state index contributed by atoms with van der Waals surface area (Å²) in [5.74, 6) is -0.0297. The molecule has 24 heavy (non-hydrogen) atoms. The van der Waals surface area contributed by atoms with Crippen LogP contribution in [-0.2, 0) is 5.54 Å². The highest BCUT2D eigenvalue weighted by Crippen LogP contribution is 2.48. The number of nitrogen functional groups attached to an aromatic ring is 1. The molecule has 3 N–H and O–H groups in total. The summed E-state index contributed by atoms with van der Waals surface area (Å²) in [6.45, 7) is 1.92. The van der Waals surface area contributed by atoms with E-state index in [4.69, 9.17) is 5.73 Å². The summed E-state index contributed by atoms with van der Waals surface area (Å²) in [4.78, 5) is 12.8. The third-order valence-electron chi connectivity index (χ3n) is 4.90. The molecule has 1 amide bonds. The first-order valence-electron chi connectivity index (χ1n) is 8.26. The first kappa shape index (κ1) is 14.8. The summed E-state index contributed by atoms with van der Waals surface area (Å²) in [6, 6.07) is 20.1. The van der Waals surface area contributed by atoms with Crippen molar-refractivity contribution >= 4 is 22.4 Å². The van der Waals surface area contributed by atoms with Gasteiger partial charge in [-0.2, -0.15) is 0 Å². The normalized spacial score (nSPS) is 15.2. The number of fused-ring (bicyclic) bond motifs is 1. The average molecular weight is 316 g/mol. The van der Waals surface area contributed by atoms with E-state index in [1.54, 1.807) is 12.1 Å². The zero-order valence-corrected chi connectivity index (χ0v) is 13.7. The fourth-order valence-corrected chi connectivity index (χ4v) is 3.46. The molecule has 3 heteroatoms. The quantitative estimate of drug-likeness (QED) is 0.713. The van der Waals surface area contributed by atoms with E-state index in [0.717, 1.165) is 18.4 Å². The number of hydrogen-bond donors (Lipinski definition) is 2. The predicted octanol–water partition coefficient (Wildman–Crippen LogP) is 4.15. The van der Waals surface area contributed by atoms with Gasteiger partial charge in [0.2, 0.25) is 0 Å². The van der Waals surface area contributed by atoms with E-state index in [1.165, 1.54) is 16.3 Å². The molecule has 3 nitrogen and oxygen atoms in total. The maximum Gasteiger partial charge on any atom is 0.252 e. The zero-order valence-electron chi connectivity index (χ0n) is 13.7. The lowest BCUT2D eigenvalue weighted by atomic mass is 9.96. The van der Waals surface area contributed by atoms with E-state index in [1.807, 2.05) is 25.1 Å². The van der Waals surface area contributed by atoms with Gasteiger partial charge in [0, 0.05) is 11.3 Å². The molecule has 1 fully saturated rings. The van der Waals surface area contributed by atoms with Crippen LogP contribution in [0, 0.1) is 6.92 Å². The van der Waals surface area contributed by atoms with E-state index in [-0.39, 0.29) is 11.4 Å². The molecule has 0 bridgehead atoms. The molecule has 0 saturated heterocycles. The number of rotatable bonds is 3. The van der Waals surface area contributed by atoms with Crippen LogP contribution in [0.15, 0.2) is 60.7 Å². The second-order valence-electron chi connectivity index (χ2n) is 6.64. The van der Waals surface area contributed by atoms with Gasteiger partial charge in [-0.15, -0.1) is 0 Å². The van der Waals surface area contributed by atoms with Gasteiger partial charge in [-0.25, -0.2) is 0 Å². The van der Waals surface area contributed by atoms with Gasteiger partial charge in [-0.05, 0) is 59.9 Å². The monoisotopic (exact) mass is 316 g/mol. The number of hydrogen-bond acceptors (Lipinski definition) is 2. The molecule has 1 aliphatic carbocycles. The van der Waals surface area contributed by atoms with E-state index in [2.05, 4.69) is 35.6 Å². The second-order valence-corrected chi connectivity index (χ2v) is 6.64. The lowest BCUT2D eigenvalue weighted by Crippen LogP contribution is -2.35. The van der Waals surface area contributed by atoms with Crippen molar-refractivity contribution < 1.29 is 4.79 Å². The maximum absolute atomic E-state index is 12.8. The summed E-state index contributed by atoms with van der Waals surface area (Å²) in [5.41, 5.74) is 9.03.